The van der Waals surface area contributed by atoms with Crippen molar-refractivity contribution in [2.75, 3.05) is 19.6 Å². The maximum absolute atomic E-state index is 12.8. The van der Waals surface area contributed by atoms with Crippen LogP contribution in [0.2, 0.25) is 0 Å². The SMILES string of the molecule is CCn1cc(S(=O)(=O)N(CC(N)=O)C2CCNC2)nc1C. The van der Waals surface area contributed by atoms with Gasteiger partial charge < -0.3 is 15.6 Å². The highest BCUT2D eigenvalue weighted by Crippen LogP contribution is 2.20. The first-order chi connectivity index (χ1) is 9.86. The van der Waals surface area contributed by atoms with Gasteiger partial charge in [0.25, 0.3) is 10.0 Å². The molecule has 1 saturated heterocycles. The third-order valence-electron chi connectivity index (χ3n) is 3.62. The molecule has 2 heterocycles. The minimum Gasteiger partial charge on any atom is -0.369 e. The maximum atomic E-state index is 12.8. The number of nitrogens with two attached hydrogens (primary N) is 1. The van der Waals surface area contributed by atoms with Gasteiger partial charge in [-0.2, -0.15) is 4.31 Å². The summed E-state index contributed by atoms with van der Waals surface area (Å²) in [6, 6.07) is -0.269. The second-order valence-corrected chi connectivity index (χ2v) is 6.91. The zero-order valence-electron chi connectivity index (χ0n) is 12.2. The van der Waals surface area contributed by atoms with Gasteiger partial charge in [-0.1, -0.05) is 0 Å². The predicted molar refractivity (Wildman–Crippen MR) is 77.0 cm³/mol. The molecule has 1 aliphatic rings. The number of imidazole rings is 1. The van der Waals surface area contributed by atoms with E-state index < -0.39 is 15.9 Å². The fourth-order valence-electron chi connectivity index (χ4n) is 2.49. The molecule has 0 bridgehead atoms. The Bertz CT molecular complexity index is 619. The van der Waals surface area contributed by atoms with E-state index in [9.17, 15) is 13.2 Å². The molecule has 3 N–H and O–H groups in total. The zero-order valence-corrected chi connectivity index (χ0v) is 13.1. The molecule has 1 aromatic rings. The van der Waals surface area contributed by atoms with E-state index in [1.54, 1.807) is 11.5 Å². The molecule has 118 valence electrons. The van der Waals surface area contributed by atoms with Crippen LogP contribution in [0, 0.1) is 6.92 Å². The van der Waals surface area contributed by atoms with Crippen LogP contribution in [0.3, 0.4) is 0 Å². The van der Waals surface area contributed by atoms with Crippen LogP contribution >= 0.6 is 0 Å². The second-order valence-electron chi connectivity index (χ2n) is 5.08. The largest absolute Gasteiger partial charge is 0.369 e. The summed E-state index contributed by atoms with van der Waals surface area (Å²) >= 11 is 0. The van der Waals surface area contributed by atoms with Gasteiger partial charge in [-0.15, -0.1) is 0 Å². The van der Waals surface area contributed by atoms with Gasteiger partial charge in [-0.3, -0.25) is 4.79 Å². The number of nitrogens with zero attached hydrogens (tertiary/aromatic N) is 3. The van der Waals surface area contributed by atoms with Gasteiger partial charge in [0, 0.05) is 25.3 Å². The number of primary amides is 1. The molecule has 9 heteroatoms. The van der Waals surface area contributed by atoms with Crippen LogP contribution in [0.15, 0.2) is 11.2 Å². The van der Waals surface area contributed by atoms with Crippen molar-refractivity contribution in [2.24, 2.45) is 5.73 Å². The monoisotopic (exact) mass is 315 g/mol. The van der Waals surface area contributed by atoms with Gasteiger partial charge in [0.1, 0.15) is 5.82 Å². The topological polar surface area (TPSA) is 110 Å². The Morgan fingerprint density at radius 3 is 2.81 bits per heavy atom. The molecule has 1 atom stereocenters. The summed E-state index contributed by atoms with van der Waals surface area (Å²) in [4.78, 5) is 15.4. The predicted octanol–water partition coefficient (Wildman–Crippen LogP) is -0.951. The van der Waals surface area contributed by atoms with Crippen molar-refractivity contribution in [3.63, 3.8) is 0 Å². The summed E-state index contributed by atoms with van der Waals surface area (Å²) in [5.41, 5.74) is 5.21. The molecule has 0 aromatic carbocycles. The number of amides is 1. The highest BCUT2D eigenvalue weighted by atomic mass is 32.2. The molecule has 21 heavy (non-hydrogen) atoms. The van der Waals surface area contributed by atoms with Crippen molar-refractivity contribution >= 4 is 15.9 Å². The summed E-state index contributed by atoms with van der Waals surface area (Å²) in [6.07, 6.45) is 2.15. The quantitative estimate of drug-likeness (QED) is 0.703. The van der Waals surface area contributed by atoms with E-state index in [4.69, 9.17) is 5.73 Å². The van der Waals surface area contributed by atoms with Crippen molar-refractivity contribution in [3.05, 3.63) is 12.0 Å². The van der Waals surface area contributed by atoms with Crippen molar-refractivity contribution in [2.45, 2.75) is 37.9 Å². The minimum atomic E-state index is -3.83. The molecule has 0 radical (unpaired) electrons. The number of carbonyl (C=O) groups is 1. The molecular formula is C12H21N5O3S. The molecule has 2 rings (SSSR count). The number of hydrogen-bond acceptors (Lipinski definition) is 5. The Kier molecular flexibility index (Phi) is 4.64. The lowest BCUT2D eigenvalue weighted by molar-refractivity contribution is -0.118. The van der Waals surface area contributed by atoms with Crippen molar-refractivity contribution in [1.82, 2.24) is 19.2 Å². The maximum Gasteiger partial charge on any atom is 0.262 e. The number of rotatable bonds is 6. The van der Waals surface area contributed by atoms with E-state index in [1.807, 2.05) is 6.92 Å². The van der Waals surface area contributed by atoms with Gasteiger partial charge in [0.15, 0.2) is 5.03 Å². The summed E-state index contributed by atoms with van der Waals surface area (Å²) in [5.74, 6) is -0.0447. The molecule has 1 unspecified atom stereocenters. The van der Waals surface area contributed by atoms with Crippen LogP contribution < -0.4 is 11.1 Å². The minimum absolute atomic E-state index is 0.0324. The summed E-state index contributed by atoms with van der Waals surface area (Å²) < 4.78 is 28.4. The van der Waals surface area contributed by atoms with E-state index in [1.165, 1.54) is 6.20 Å². The van der Waals surface area contributed by atoms with Crippen LogP contribution in [-0.4, -0.2) is 53.9 Å². The highest BCUT2D eigenvalue weighted by molar-refractivity contribution is 7.89. The number of carbonyl (C=O) groups excluding carboxylic acids is 1. The molecular weight excluding hydrogens is 294 g/mol. The third-order valence-corrected chi connectivity index (χ3v) is 5.39. The van der Waals surface area contributed by atoms with Crippen molar-refractivity contribution in [3.8, 4) is 0 Å². The van der Waals surface area contributed by atoms with Gasteiger partial charge in [-0.05, 0) is 26.8 Å². The Morgan fingerprint density at radius 2 is 2.33 bits per heavy atom. The number of aromatic nitrogens is 2. The Labute approximate surface area is 124 Å². The molecule has 1 aliphatic heterocycles. The lowest BCUT2D eigenvalue weighted by atomic mass is 10.2. The number of nitrogens with one attached hydrogen (secondary N) is 1. The Balaban J connectivity index is 2.37. The van der Waals surface area contributed by atoms with Crippen LogP contribution in [0.5, 0.6) is 0 Å². The number of hydrogen-bond donors (Lipinski definition) is 2. The van der Waals surface area contributed by atoms with E-state index >= 15 is 0 Å². The van der Waals surface area contributed by atoms with E-state index in [-0.39, 0.29) is 17.6 Å². The fourth-order valence-corrected chi connectivity index (χ4v) is 4.11. The number of sulfonamides is 1. The summed E-state index contributed by atoms with van der Waals surface area (Å²) in [7, 11) is -3.83. The molecule has 1 amide bonds. The second kappa shape index (κ2) is 6.12. The van der Waals surface area contributed by atoms with Crippen LogP contribution in [-0.2, 0) is 21.4 Å². The normalized spacial score (nSPS) is 19.3. The van der Waals surface area contributed by atoms with Crippen LogP contribution in [0.4, 0.5) is 0 Å². The average Bonchev–Trinajstić information content (AvgIpc) is 3.04. The third kappa shape index (κ3) is 3.25. The molecule has 0 spiro atoms. The van der Waals surface area contributed by atoms with Crippen molar-refractivity contribution < 1.29 is 13.2 Å². The first-order valence-electron chi connectivity index (χ1n) is 6.91. The Morgan fingerprint density at radius 1 is 1.62 bits per heavy atom. The summed E-state index contributed by atoms with van der Waals surface area (Å²) in [5, 5.41) is 3.06. The van der Waals surface area contributed by atoms with Gasteiger partial charge in [-0.25, -0.2) is 13.4 Å². The molecule has 0 saturated carbocycles. The standard InChI is InChI=1S/C12H21N5O3S/c1-3-16-8-12(15-9(16)2)21(19,20)17(7-11(13)18)10-4-5-14-6-10/h8,10,14H,3-7H2,1-2H3,(H2,13,18). The average molecular weight is 315 g/mol. The zero-order chi connectivity index (χ0) is 15.6. The van der Waals surface area contributed by atoms with E-state index in [2.05, 4.69) is 10.3 Å². The fraction of sp³-hybridized carbons (Fsp3) is 0.667. The lowest BCUT2D eigenvalue weighted by Crippen LogP contribution is -2.46. The molecule has 1 fully saturated rings. The molecule has 0 aliphatic carbocycles. The van der Waals surface area contributed by atoms with Crippen LogP contribution in [0.25, 0.3) is 0 Å². The van der Waals surface area contributed by atoms with E-state index in [0.717, 1.165) is 10.8 Å². The smallest absolute Gasteiger partial charge is 0.262 e. The van der Waals surface area contributed by atoms with Crippen molar-refractivity contribution in [1.29, 1.82) is 0 Å². The molecule has 1 aromatic heterocycles. The van der Waals surface area contributed by atoms with Gasteiger partial charge in [0.2, 0.25) is 5.91 Å². The lowest BCUT2D eigenvalue weighted by Gasteiger charge is -2.25. The van der Waals surface area contributed by atoms with Gasteiger partial charge in [0.05, 0.1) is 6.54 Å². The van der Waals surface area contributed by atoms with E-state index in [0.29, 0.717) is 25.3 Å². The van der Waals surface area contributed by atoms with Crippen LogP contribution in [0.1, 0.15) is 19.2 Å². The highest BCUT2D eigenvalue weighted by Gasteiger charge is 2.35. The summed E-state index contributed by atoms with van der Waals surface area (Å²) in [6.45, 7) is 5.20. The first-order valence-corrected chi connectivity index (χ1v) is 8.35. The number of aryl methyl sites for hydroxylation is 2. The molecule has 8 nitrogen and oxygen atoms in total. The van der Waals surface area contributed by atoms with Gasteiger partial charge >= 0.3 is 0 Å². The Hall–Kier alpha value is -1.45. The first kappa shape index (κ1) is 15.9.